The summed E-state index contributed by atoms with van der Waals surface area (Å²) in [6.07, 6.45) is 0.142. The first-order valence-electron chi connectivity index (χ1n) is 7.80. The van der Waals surface area contributed by atoms with Crippen molar-refractivity contribution < 1.29 is 22.8 Å². The standard InChI is InChI=1S/C15H18ClF3N4O2/c16-7-12(24)23-14(4-2-1-3-5-14)8-20-13(25)10-6-11(15(17,18)19)22-9-21-10/h6,9H,1-5,7-8H2,(H,20,25)(H,23,24). The van der Waals surface area contributed by atoms with Gasteiger partial charge in [-0.25, -0.2) is 9.97 Å². The van der Waals surface area contributed by atoms with E-state index in [4.69, 9.17) is 11.6 Å². The van der Waals surface area contributed by atoms with Gasteiger partial charge < -0.3 is 10.6 Å². The van der Waals surface area contributed by atoms with Crippen LogP contribution >= 0.6 is 11.6 Å². The summed E-state index contributed by atoms with van der Waals surface area (Å²) < 4.78 is 38.0. The maximum Gasteiger partial charge on any atom is 0.433 e. The van der Waals surface area contributed by atoms with Crippen molar-refractivity contribution in [2.75, 3.05) is 12.4 Å². The Morgan fingerprint density at radius 2 is 1.88 bits per heavy atom. The predicted octanol–water partition coefficient (Wildman–Crippen LogP) is 2.28. The normalized spacial score (nSPS) is 17.0. The van der Waals surface area contributed by atoms with Crippen LogP contribution in [0.4, 0.5) is 13.2 Å². The van der Waals surface area contributed by atoms with Gasteiger partial charge in [0.2, 0.25) is 5.91 Å². The van der Waals surface area contributed by atoms with E-state index in [0.29, 0.717) is 25.2 Å². The molecule has 1 heterocycles. The number of alkyl halides is 4. The molecule has 1 saturated carbocycles. The highest BCUT2D eigenvalue weighted by atomic mass is 35.5. The van der Waals surface area contributed by atoms with E-state index in [2.05, 4.69) is 20.6 Å². The molecular formula is C15H18ClF3N4O2. The summed E-state index contributed by atoms with van der Waals surface area (Å²) in [5.74, 6) is -1.30. The fourth-order valence-electron chi connectivity index (χ4n) is 2.88. The Morgan fingerprint density at radius 1 is 1.20 bits per heavy atom. The Morgan fingerprint density at radius 3 is 2.48 bits per heavy atom. The zero-order valence-electron chi connectivity index (χ0n) is 13.3. The molecule has 0 bridgehead atoms. The quantitative estimate of drug-likeness (QED) is 0.770. The van der Waals surface area contributed by atoms with Crippen molar-refractivity contribution in [3.8, 4) is 0 Å². The summed E-state index contributed by atoms with van der Waals surface area (Å²) in [6, 6.07) is 0.597. The van der Waals surface area contributed by atoms with E-state index >= 15 is 0 Å². The number of nitrogens with zero attached hydrogens (tertiary/aromatic N) is 2. The first-order valence-corrected chi connectivity index (χ1v) is 8.34. The summed E-state index contributed by atoms with van der Waals surface area (Å²) in [7, 11) is 0. The molecule has 0 aromatic carbocycles. The van der Waals surface area contributed by atoms with Crippen LogP contribution in [0.3, 0.4) is 0 Å². The van der Waals surface area contributed by atoms with Crippen molar-refractivity contribution in [3.05, 3.63) is 23.8 Å². The number of hydrogen-bond donors (Lipinski definition) is 2. The lowest BCUT2D eigenvalue weighted by Gasteiger charge is -2.38. The third kappa shape index (κ3) is 5.29. The molecule has 1 aromatic rings. The summed E-state index contributed by atoms with van der Waals surface area (Å²) in [6.45, 7) is 0.0970. The molecule has 1 aliphatic carbocycles. The molecule has 10 heteroatoms. The molecule has 2 amide bonds. The van der Waals surface area contributed by atoms with E-state index in [-0.39, 0.29) is 24.0 Å². The number of aromatic nitrogens is 2. The monoisotopic (exact) mass is 378 g/mol. The Labute approximate surface area is 147 Å². The third-order valence-electron chi connectivity index (χ3n) is 4.11. The molecule has 1 aromatic heterocycles. The zero-order chi connectivity index (χ0) is 18.5. The van der Waals surface area contributed by atoms with Crippen LogP contribution in [0.25, 0.3) is 0 Å². The molecule has 0 unspecified atom stereocenters. The molecule has 0 atom stereocenters. The molecule has 1 aliphatic rings. The Bertz CT molecular complexity index is 633. The zero-order valence-corrected chi connectivity index (χ0v) is 14.1. The smallest absolute Gasteiger partial charge is 0.348 e. The van der Waals surface area contributed by atoms with Gasteiger partial charge in [0.05, 0.1) is 5.54 Å². The van der Waals surface area contributed by atoms with E-state index < -0.39 is 23.3 Å². The van der Waals surface area contributed by atoms with Gasteiger partial charge >= 0.3 is 6.18 Å². The van der Waals surface area contributed by atoms with Gasteiger partial charge in [-0.3, -0.25) is 9.59 Å². The molecule has 138 valence electrons. The van der Waals surface area contributed by atoms with Crippen LogP contribution in [0.15, 0.2) is 12.4 Å². The topological polar surface area (TPSA) is 84.0 Å². The molecule has 1 fully saturated rings. The second kappa shape index (κ2) is 7.99. The lowest BCUT2D eigenvalue weighted by atomic mass is 9.81. The van der Waals surface area contributed by atoms with Crippen molar-refractivity contribution in [2.45, 2.75) is 43.8 Å². The van der Waals surface area contributed by atoms with Crippen molar-refractivity contribution in [2.24, 2.45) is 0 Å². The van der Waals surface area contributed by atoms with E-state index in [1.807, 2.05) is 0 Å². The van der Waals surface area contributed by atoms with Crippen LogP contribution in [0.1, 0.15) is 48.3 Å². The minimum atomic E-state index is -4.66. The van der Waals surface area contributed by atoms with Gasteiger partial charge in [0, 0.05) is 12.6 Å². The predicted molar refractivity (Wildman–Crippen MR) is 84.0 cm³/mol. The van der Waals surface area contributed by atoms with Gasteiger partial charge in [0.25, 0.3) is 5.91 Å². The van der Waals surface area contributed by atoms with Gasteiger partial charge in [-0.15, -0.1) is 11.6 Å². The average molecular weight is 379 g/mol. The largest absolute Gasteiger partial charge is 0.433 e. The van der Waals surface area contributed by atoms with Crippen molar-refractivity contribution in [1.29, 1.82) is 0 Å². The molecule has 6 nitrogen and oxygen atoms in total. The molecule has 0 radical (unpaired) electrons. The minimum Gasteiger partial charge on any atom is -0.348 e. The number of carbonyl (C=O) groups excluding carboxylic acids is 2. The van der Waals surface area contributed by atoms with E-state index in [1.165, 1.54) is 0 Å². The molecule has 0 saturated heterocycles. The van der Waals surface area contributed by atoms with Crippen molar-refractivity contribution >= 4 is 23.4 Å². The molecule has 0 spiro atoms. The lowest BCUT2D eigenvalue weighted by Crippen LogP contribution is -2.57. The van der Waals surface area contributed by atoms with Crippen LogP contribution in [0.2, 0.25) is 0 Å². The number of hydrogen-bond acceptors (Lipinski definition) is 4. The van der Waals surface area contributed by atoms with Crippen LogP contribution in [-0.4, -0.2) is 39.7 Å². The van der Waals surface area contributed by atoms with E-state index in [9.17, 15) is 22.8 Å². The molecule has 2 N–H and O–H groups in total. The van der Waals surface area contributed by atoms with Gasteiger partial charge in [0.1, 0.15) is 23.6 Å². The van der Waals surface area contributed by atoms with E-state index in [0.717, 1.165) is 19.3 Å². The highest BCUT2D eigenvalue weighted by Gasteiger charge is 2.35. The summed E-state index contributed by atoms with van der Waals surface area (Å²) >= 11 is 5.53. The second-order valence-corrected chi connectivity index (χ2v) is 6.26. The van der Waals surface area contributed by atoms with Gasteiger partial charge in [-0.2, -0.15) is 13.2 Å². The van der Waals surface area contributed by atoms with Crippen molar-refractivity contribution in [3.63, 3.8) is 0 Å². The van der Waals surface area contributed by atoms with E-state index in [1.54, 1.807) is 0 Å². The summed E-state index contributed by atoms with van der Waals surface area (Å²) in [4.78, 5) is 30.5. The highest BCUT2D eigenvalue weighted by molar-refractivity contribution is 6.27. The van der Waals surface area contributed by atoms with Gasteiger partial charge in [0.15, 0.2) is 0 Å². The molecule has 25 heavy (non-hydrogen) atoms. The van der Waals surface area contributed by atoms with Crippen LogP contribution in [0.5, 0.6) is 0 Å². The average Bonchev–Trinajstić information content (AvgIpc) is 2.60. The van der Waals surface area contributed by atoms with Crippen LogP contribution < -0.4 is 10.6 Å². The summed E-state index contributed by atoms with van der Waals surface area (Å²) in [5.41, 5.74) is -2.20. The Kier molecular flexibility index (Phi) is 6.21. The molecule has 0 aliphatic heterocycles. The number of carbonyl (C=O) groups is 2. The Hall–Kier alpha value is -1.90. The van der Waals surface area contributed by atoms with Gasteiger partial charge in [-0.05, 0) is 12.8 Å². The highest BCUT2D eigenvalue weighted by Crippen LogP contribution is 2.29. The second-order valence-electron chi connectivity index (χ2n) is 5.99. The number of halogens is 4. The fraction of sp³-hybridized carbons (Fsp3) is 0.600. The van der Waals surface area contributed by atoms with Gasteiger partial charge in [-0.1, -0.05) is 19.3 Å². The summed E-state index contributed by atoms with van der Waals surface area (Å²) in [5, 5.41) is 5.39. The number of amides is 2. The maximum absolute atomic E-state index is 12.7. The number of rotatable bonds is 5. The fourth-order valence-corrected chi connectivity index (χ4v) is 2.95. The maximum atomic E-state index is 12.7. The molecular weight excluding hydrogens is 361 g/mol. The number of nitrogens with one attached hydrogen (secondary N) is 2. The van der Waals surface area contributed by atoms with Crippen LogP contribution in [0, 0.1) is 0 Å². The third-order valence-corrected chi connectivity index (χ3v) is 4.36. The Balaban J connectivity index is 2.07. The van der Waals surface area contributed by atoms with Crippen LogP contribution in [-0.2, 0) is 11.0 Å². The lowest BCUT2D eigenvalue weighted by molar-refractivity contribution is -0.141. The first kappa shape index (κ1) is 19.4. The SMILES string of the molecule is O=C(CCl)NC1(CNC(=O)c2cc(C(F)(F)F)ncn2)CCCCC1. The molecule has 2 rings (SSSR count). The minimum absolute atomic E-state index is 0.0970. The van der Waals surface area contributed by atoms with Crippen molar-refractivity contribution in [1.82, 2.24) is 20.6 Å². The first-order chi connectivity index (χ1) is 11.8.